The highest BCUT2D eigenvalue weighted by Crippen LogP contribution is 2.30. The van der Waals surface area contributed by atoms with Crippen LogP contribution in [-0.2, 0) is 0 Å². The van der Waals surface area contributed by atoms with Crippen LogP contribution in [0.15, 0.2) is 27.7 Å². The Morgan fingerprint density at radius 2 is 2.00 bits per heavy atom. The zero-order valence-corrected chi connectivity index (χ0v) is 12.0. The van der Waals surface area contributed by atoms with Crippen molar-refractivity contribution in [3.8, 4) is 0 Å². The van der Waals surface area contributed by atoms with E-state index in [0.717, 1.165) is 28.8 Å². The molecule has 1 aliphatic rings. The van der Waals surface area contributed by atoms with Crippen LogP contribution in [0.25, 0.3) is 0 Å². The molecule has 0 heterocycles. The van der Waals surface area contributed by atoms with E-state index in [-0.39, 0.29) is 0 Å². The summed E-state index contributed by atoms with van der Waals surface area (Å²) in [5.41, 5.74) is 6.83. The Morgan fingerprint density at radius 1 is 1.29 bits per heavy atom. The van der Waals surface area contributed by atoms with Crippen LogP contribution in [0, 0.1) is 5.92 Å². The van der Waals surface area contributed by atoms with E-state index in [4.69, 9.17) is 17.3 Å². The third-order valence-corrected chi connectivity index (χ3v) is 3.98. The number of hydrogen-bond acceptors (Lipinski definition) is 1. The molecule has 1 fully saturated rings. The van der Waals surface area contributed by atoms with Crippen LogP contribution in [0.3, 0.4) is 0 Å². The normalized spacial score (nSPS) is 18.4. The second-order valence-electron chi connectivity index (χ2n) is 4.47. The number of nitrogens with zero attached hydrogens (tertiary/aromatic N) is 1. The first-order valence-corrected chi connectivity index (χ1v) is 7.13. The van der Waals surface area contributed by atoms with Crippen LogP contribution in [-0.4, -0.2) is 5.84 Å². The fourth-order valence-corrected chi connectivity index (χ4v) is 2.92. The highest BCUT2D eigenvalue weighted by molar-refractivity contribution is 9.10. The molecule has 0 unspecified atom stereocenters. The first-order valence-electron chi connectivity index (χ1n) is 5.96. The molecule has 0 saturated heterocycles. The van der Waals surface area contributed by atoms with Crippen LogP contribution < -0.4 is 5.73 Å². The van der Waals surface area contributed by atoms with Crippen molar-refractivity contribution < 1.29 is 0 Å². The first-order chi connectivity index (χ1) is 8.16. The zero-order chi connectivity index (χ0) is 12.3. The molecule has 2 rings (SSSR count). The zero-order valence-electron chi connectivity index (χ0n) is 9.63. The molecule has 92 valence electrons. The van der Waals surface area contributed by atoms with Crippen molar-refractivity contribution in [2.75, 3.05) is 0 Å². The van der Waals surface area contributed by atoms with Crippen LogP contribution in [0.4, 0.5) is 5.69 Å². The molecule has 0 radical (unpaired) electrons. The summed E-state index contributed by atoms with van der Waals surface area (Å²) in [5, 5.41) is 0.637. The van der Waals surface area contributed by atoms with Crippen LogP contribution in [0.5, 0.6) is 0 Å². The maximum atomic E-state index is 6.12. The predicted molar refractivity (Wildman–Crippen MR) is 77.0 cm³/mol. The van der Waals surface area contributed by atoms with Gasteiger partial charge in [0.25, 0.3) is 0 Å². The maximum Gasteiger partial charge on any atom is 0.103 e. The number of amidine groups is 1. The van der Waals surface area contributed by atoms with E-state index < -0.39 is 0 Å². The fraction of sp³-hybridized carbons (Fsp3) is 0.462. The van der Waals surface area contributed by atoms with Crippen molar-refractivity contribution >= 4 is 39.1 Å². The minimum atomic E-state index is 0.434. The molecule has 0 bridgehead atoms. The molecular formula is C13H16BrClN2. The Balaban J connectivity index is 2.16. The molecular weight excluding hydrogens is 300 g/mol. The maximum absolute atomic E-state index is 6.12. The van der Waals surface area contributed by atoms with Gasteiger partial charge in [-0.1, -0.05) is 46.8 Å². The lowest BCUT2D eigenvalue weighted by atomic mass is 9.88. The molecule has 2 N–H and O–H groups in total. The lowest BCUT2D eigenvalue weighted by Crippen LogP contribution is -2.25. The second kappa shape index (κ2) is 5.87. The Labute approximate surface area is 115 Å². The Morgan fingerprint density at radius 3 is 2.65 bits per heavy atom. The third-order valence-electron chi connectivity index (χ3n) is 3.18. The largest absolute Gasteiger partial charge is 0.387 e. The van der Waals surface area contributed by atoms with Gasteiger partial charge in [-0.15, -0.1) is 0 Å². The van der Waals surface area contributed by atoms with Crippen molar-refractivity contribution in [1.29, 1.82) is 0 Å². The minimum absolute atomic E-state index is 0.434. The standard InChI is InChI=1S/C13H16BrClN2/c14-10-6-7-12(11(15)8-10)17-13(16)9-4-2-1-3-5-9/h6-9H,1-5H2,(H2,16,17). The van der Waals surface area contributed by atoms with E-state index in [1.807, 2.05) is 18.2 Å². The number of halogens is 2. The van der Waals surface area contributed by atoms with Crippen molar-refractivity contribution in [3.63, 3.8) is 0 Å². The van der Waals surface area contributed by atoms with Gasteiger partial charge in [-0.3, -0.25) is 0 Å². The first kappa shape index (κ1) is 12.9. The van der Waals surface area contributed by atoms with Gasteiger partial charge in [0, 0.05) is 10.4 Å². The molecule has 0 aliphatic heterocycles. The van der Waals surface area contributed by atoms with Gasteiger partial charge >= 0.3 is 0 Å². The lowest BCUT2D eigenvalue weighted by Gasteiger charge is -2.20. The molecule has 1 aliphatic carbocycles. The Bertz CT molecular complexity index is 425. The summed E-state index contributed by atoms with van der Waals surface area (Å²) < 4.78 is 0.956. The van der Waals surface area contributed by atoms with E-state index in [2.05, 4.69) is 20.9 Å². The van der Waals surface area contributed by atoms with Gasteiger partial charge in [-0.2, -0.15) is 0 Å². The smallest absolute Gasteiger partial charge is 0.103 e. The summed E-state index contributed by atoms with van der Waals surface area (Å²) in [7, 11) is 0. The van der Waals surface area contributed by atoms with Gasteiger partial charge < -0.3 is 5.73 Å². The third kappa shape index (κ3) is 3.46. The quantitative estimate of drug-likeness (QED) is 0.625. The molecule has 0 atom stereocenters. The average molecular weight is 316 g/mol. The Hall–Kier alpha value is -0.540. The molecule has 4 heteroatoms. The van der Waals surface area contributed by atoms with Gasteiger partial charge in [0.2, 0.25) is 0 Å². The van der Waals surface area contributed by atoms with Crippen LogP contribution in [0.2, 0.25) is 5.02 Å². The van der Waals surface area contributed by atoms with E-state index in [9.17, 15) is 0 Å². The summed E-state index contributed by atoms with van der Waals surface area (Å²) in [6.07, 6.45) is 6.15. The van der Waals surface area contributed by atoms with Gasteiger partial charge in [0.05, 0.1) is 10.7 Å². The number of nitrogens with two attached hydrogens (primary N) is 1. The predicted octanol–water partition coefficient (Wildman–Crippen LogP) is 4.67. The lowest BCUT2D eigenvalue weighted by molar-refractivity contribution is 0.437. The number of benzene rings is 1. The highest BCUT2D eigenvalue weighted by Gasteiger charge is 2.17. The van der Waals surface area contributed by atoms with Gasteiger partial charge in [-0.05, 0) is 31.0 Å². The van der Waals surface area contributed by atoms with Gasteiger partial charge in [0.15, 0.2) is 0 Å². The van der Waals surface area contributed by atoms with E-state index in [0.29, 0.717) is 10.9 Å². The topological polar surface area (TPSA) is 38.4 Å². The summed E-state index contributed by atoms with van der Waals surface area (Å²) in [5.74, 6) is 1.16. The second-order valence-corrected chi connectivity index (χ2v) is 5.79. The molecule has 2 nitrogen and oxygen atoms in total. The summed E-state index contributed by atoms with van der Waals surface area (Å²) in [6.45, 7) is 0. The fourth-order valence-electron chi connectivity index (χ4n) is 2.20. The van der Waals surface area contributed by atoms with Crippen molar-refractivity contribution in [1.82, 2.24) is 0 Å². The molecule has 1 aromatic rings. The van der Waals surface area contributed by atoms with Crippen molar-refractivity contribution in [3.05, 3.63) is 27.7 Å². The number of rotatable bonds is 2. The Kier molecular flexibility index (Phi) is 4.46. The van der Waals surface area contributed by atoms with Crippen molar-refractivity contribution in [2.45, 2.75) is 32.1 Å². The molecule has 0 amide bonds. The molecule has 17 heavy (non-hydrogen) atoms. The summed E-state index contributed by atoms with van der Waals surface area (Å²) in [4.78, 5) is 4.46. The SMILES string of the molecule is NC(=Nc1ccc(Br)cc1Cl)C1CCCCC1. The number of aliphatic imine (C=N–C) groups is 1. The van der Waals surface area contributed by atoms with Gasteiger partial charge in [-0.25, -0.2) is 4.99 Å². The van der Waals surface area contributed by atoms with Crippen molar-refractivity contribution in [2.24, 2.45) is 16.6 Å². The van der Waals surface area contributed by atoms with E-state index in [1.165, 1.54) is 19.3 Å². The monoisotopic (exact) mass is 314 g/mol. The van der Waals surface area contributed by atoms with E-state index >= 15 is 0 Å². The number of hydrogen-bond donors (Lipinski definition) is 1. The molecule has 0 aromatic heterocycles. The highest BCUT2D eigenvalue weighted by atomic mass is 79.9. The van der Waals surface area contributed by atoms with Crippen LogP contribution in [0.1, 0.15) is 32.1 Å². The van der Waals surface area contributed by atoms with Crippen LogP contribution >= 0.6 is 27.5 Å². The average Bonchev–Trinajstić information content (AvgIpc) is 2.34. The molecule has 1 aromatic carbocycles. The van der Waals surface area contributed by atoms with Gasteiger partial charge in [0.1, 0.15) is 5.84 Å². The summed E-state index contributed by atoms with van der Waals surface area (Å²) in [6, 6.07) is 5.66. The minimum Gasteiger partial charge on any atom is -0.387 e. The molecule has 0 spiro atoms. The summed E-state index contributed by atoms with van der Waals surface area (Å²) >= 11 is 9.49. The van der Waals surface area contributed by atoms with E-state index in [1.54, 1.807) is 0 Å². The molecule has 1 saturated carbocycles.